The number of hydrogen-bond acceptors (Lipinski definition) is 3. The van der Waals surface area contributed by atoms with Crippen LogP contribution in [0.25, 0.3) is 0 Å². The molecule has 2 aliphatic heterocycles. The lowest BCUT2D eigenvalue weighted by atomic mass is 9.83. The third kappa shape index (κ3) is 4.98. The zero-order valence-corrected chi connectivity index (χ0v) is 16.4. The SMILES string of the molecule is CCNC(=NCCOC)N1CCC2C(CCCN2Cc2ccccc2)C1. The fourth-order valence-electron chi connectivity index (χ4n) is 4.38. The lowest BCUT2D eigenvalue weighted by molar-refractivity contribution is 0.0372. The number of likely N-dealkylation sites (tertiary alicyclic amines) is 2. The highest BCUT2D eigenvalue weighted by atomic mass is 16.5. The van der Waals surface area contributed by atoms with E-state index in [2.05, 4.69) is 52.4 Å². The summed E-state index contributed by atoms with van der Waals surface area (Å²) in [4.78, 5) is 9.93. The molecular formula is C21H34N4O. The topological polar surface area (TPSA) is 40.1 Å². The molecule has 26 heavy (non-hydrogen) atoms. The molecule has 144 valence electrons. The zero-order valence-electron chi connectivity index (χ0n) is 16.4. The van der Waals surface area contributed by atoms with Gasteiger partial charge in [0.05, 0.1) is 13.2 Å². The van der Waals surface area contributed by atoms with Gasteiger partial charge in [0.15, 0.2) is 5.96 Å². The third-order valence-corrected chi connectivity index (χ3v) is 5.60. The largest absolute Gasteiger partial charge is 0.383 e. The number of benzene rings is 1. The Kier molecular flexibility index (Phi) is 7.32. The molecule has 1 aromatic rings. The molecule has 2 heterocycles. The highest BCUT2D eigenvalue weighted by Crippen LogP contribution is 2.31. The molecule has 2 saturated heterocycles. The lowest BCUT2D eigenvalue weighted by Gasteiger charge is -2.48. The first-order chi connectivity index (χ1) is 12.8. The van der Waals surface area contributed by atoms with E-state index in [0.29, 0.717) is 12.6 Å². The lowest BCUT2D eigenvalue weighted by Crippen LogP contribution is -2.56. The van der Waals surface area contributed by atoms with E-state index in [1.165, 1.54) is 31.4 Å². The predicted octanol–water partition coefficient (Wildman–Crippen LogP) is 2.58. The number of nitrogens with zero attached hydrogens (tertiary/aromatic N) is 3. The molecule has 2 aliphatic rings. The Morgan fingerprint density at radius 3 is 2.85 bits per heavy atom. The highest BCUT2D eigenvalue weighted by molar-refractivity contribution is 5.80. The van der Waals surface area contributed by atoms with E-state index in [1.807, 2.05) is 0 Å². The Bertz CT molecular complexity index is 562. The van der Waals surface area contributed by atoms with Crippen LogP contribution in [0.4, 0.5) is 0 Å². The summed E-state index contributed by atoms with van der Waals surface area (Å²) in [5, 5.41) is 3.46. The van der Waals surface area contributed by atoms with Crippen LogP contribution in [0.5, 0.6) is 0 Å². The minimum Gasteiger partial charge on any atom is -0.383 e. The first kappa shape index (κ1) is 19.2. The van der Waals surface area contributed by atoms with Crippen LogP contribution in [0, 0.1) is 5.92 Å². The molecular weight excluding hydrogens is 324 g/mol. The second-order valence-electron chi connectivity index (χ2n) is 7.39. The van der Waals surface area contributed by atoms with Crippen molar-refractivity contribution >= 4 is 5.96 Å². The van der Waals surface area contributed by atoms with Crippen LogP contribution >= 0.6 is 0 Å². The molecule has 0 aliphatic carbocycles. The third-order valence-electron chi connectivity index (χ3n) is 5.60. The standard InChI is InChI=1S/C21H34N4O/c1-3-22-21(23-12-15-26-2)25-14-11-20-19(17-25)10-7-13-24(20)16-18-8-5-4-6-9-18/h4-6,8-9,19-20H,3,7,10-17H2,1-2H3,(H,22,23). The van der Waals surface area contributed by atoms with E-state index >= 15 is 0 Å². The summed E-state index contributed by atoms with van der Waals surface area (Å²) < 4.78 is 5.15. The Morgan fingerprint density at radius 2 is 2.08 bits per heavy atom. The van der Waals surface area contributed by atoms with Crippen molar-refractivity contribution < 1.29 is 4.74 Å². The van der Waals surface area contributed by atoms with E-state index in [4.69, 9.17) is 9.73 Å². The molecule has 5 nitrogen and oxygen atoms in total. The van der Waals surface area contributed by atoms with Crippen LogP contribution in [-0.4, -0.2) is 68.2 Å². The molecule has 1 aromatic carbocycles. The number of nitrogens with one attached hydrogen (secondary N) is 1. The van der Waals surface area contributed by atoms with E-state index in [0.717, 1.165) is 44.6 Å². The van der Waals surface area contributed by atoms with Gasteiger partial charge in [-0.2, -0.15) is 0 Å². The summed E-state index contributed by atoms with van der Waals surface area (Å²) in [6.07, 6.45) is 3.87. The summed E-state index contributed by atoms with van der Waals surface area (Å²) in [5.74, 6) is 1.80. The molecule has 0 radical (unpaired) electrons. The van der Waals surface area contributed by atoms with E-state index in [1.54, 1.807) is 7.11 Å². The number of ether oxygens (including phenoxy) is 1. The van der Waals surface area contributed by atoms with Crippen molar-refractivity contribution in [3.8, 4) is 0 Å². The van der Waals surface area contributed by atoms with Crippen molar-refractivity contribution in [3.63, 3.8) is 0 Å². The van der Waals surface area contributed by atoms with Crippen molar-refractivity contribution in [2.45, 2.75) is 38.8 Å². The van der Waals surface area contributed by atoms with Gasteiger partial charge in [-0.3, -0.25) is 9.89 Å². The van der Waals surface area contributed by atoms with Crippen molar-refractivity contribution in [3.05, 3.63) is 35.9 Å². The molecule has 0 spiro atoms. The Hall–Kier alpha value is -1.59. The van der Waals surface area contributed by atoms with Gasteiger partial charge < -0.3 is 15.0 Å². The maximum Gasteiger partial charge on any atom is 0.194 e. The summed E-state index contributed by atoms with van der Waals surface area (Å²) >= 11 is 0. The molecule has 0 amide bonds. The Labute approximate surface area is 158 Å². The minimum absolute atomic E-state index is 0.680. The van der Waals surface area contributed by atoms with Crippen LogP contribution < -0.4 is 5.32 Å². The average molecular weight is 359 g/mol. The number of piperidine rings is 2. The first-order valence-corrected chi connectivity index (χ1v) is 10.1. The maximum atomic E-state index is 5.15. The summed E-state index contributed by atoms with van der Waals surface area (Å²) in [7, 11) is 1.73. The van der Waals surface area contributed by atoms with E-state index < -0.39 is 0 Å². The van der Waals surface area contributed by atoms with Gasteiger partial charge in [0.1, 0.15) is 0 Å². The van der Waals surface area contributed by atoms with Gasteiger partial charge in [0.25, 0.3) is 0 Å². The van der Waals surface area contributed by atoms with Gasteiger partial charge >= 0.3 is 0 Å². The monoisotopic (exact) mass is 358 g/mol. The van der Waals surface area contributed by atoms with Gasteiger partial charge in [-0.1, -0.05) is 30.3 Å². The van der Waals surface area contributed by atoms with Crippen LogP contribution in [-0.2, 0) is 11.3 Å². The average Bonchev–Trinajstić information content (AvgIpc) is 2.68. The molecule has 0 aromatic heterocycles. The number of methoxy groups -OCH3 is 1. The molecule has 3 rings (SSSR count). The van der Waals surface area contributed by atoms with Gasteiger partial charge in [-0.25, -0.2) is 0 Å². The van der Waals surface area contributed by atoms with Crippen molar-refractivity contribution in [1.29, 1.82) is 0 Å². The summed E-state index contributed by atoms with van der Waals surface area (Å²) in [5.41, 5.74) is 1.44. The number of guanidine groups is 1. The fraction of sp³-hybridized carbons (Fsp3) is 0.667. The second-order valence-corrected chi connectivity index (χ2v) is 7.39. The van der Waals surface area contributed by atoms with Crippen molar-refractivity contribution in [1.82, 2.24) is 15.1 Å². The molecule has 0 bridgehead atoms. The van der Waals surface area contributed by atoms with Crippen LogP contribution in [0.15, 0.2) is 35.3 Å². The van der Waals surface area contributed by atoms with Crippen LogP contribution in [0.3, 0.4) is 0 Å². The van der Waals surface area contributed by atoms with E-state index in [-0.39, 0.29) is 0 Å². The van der Waals surface area contributed by atoms with Crippen molar-refractivity contribution in [2.75, 3.05) is 46.4 Å². The number of fused-ring (bicyclic) bond motifs is 1. The van der Waals surface area contributed by atoms with Gasteiger partial charge in [-0.15, -0.1) is 0 Å². The Morgan fingerprint density at radius 1 is 1.23 bits per heavy atom. The number of hydrogen-bond donors (Lipinski definition) is 1. The molecule has 0 saturated carbocycles. The normalized spacial score (nSPS) is 24.4. The maximum absolute atomic E-state index is 5.15. The minimum atomic E-state index is 0.680. The molecule has 1 N–H and O–H groups in total. The molecule has 5 heteroatoms. The highest BCUT2D eigenvalue weighted by Gasteiger charge is 2.36. The smallest absolute Gasteiger partial charge is 0.194 e. The fourth-order valence-corrected chi connectivity index (χ4v) is 4.38. The van der Waals surface area contributed by atoms with Gasteiger partial charge in [0, 0.05) is 39.3 Å². The van der Waals surface area contributed by atoms with Gasteiger partial charge in [-0.05, 0) is 44.2 Å². The Balaban J connectivity index is 1.61. The molecule has 2 fully saturated rings. The number of aliphatic imine (C=N–C) groups is 1. The molecule has 2 unspecified atom stereocenters. The quantitative estimate of drug-likeness (QED) is 0.482. The van der Waals surface area contributed by atoms with Gasteiger partial charge in [0.2, 0.25) is 0 Å². The summed E-state index contributed by atoms with van der Waals surface area (Å²) in [6.45, 7) is 8.99. The first-order valence-electron chi connectivity index (χ1n) is 10.1. The van der Waals surface area contributed by atoms with E-state index in [9.17, 15) is 0 Å². The molecule has 2 atom stereocenters. The predicted molar refractivity (Wildman–Crippen MR) is 107 cm³/mol. The van der Waals surface area contributed by atoms with Crippen LogP contribution in [0.1, 0.15) is 31.7 Å². The van der Waals surface area contributed by atoms with Crippen molar-refractivity contribution in [2.24, 2.45) is 10.9 Å². The number of rotatable bonds is 6. The second kappa shape index (κ2) is 9.93. The summed E-state index contributed by atoms with van der Waals surface area (Å²) in [6, 6.07) is 11.6. The zero-order chi connectivity index (χ0) is 18.2. The van der Waals surface area contributed by atoms with Crippen LogP contribution in [0.2, 0.25) is 0 Å².